The Kier molecular flexibility index (Phi) is 6.03. The van der Waals surface area contributed by atoms with Crippen LogP contribution in [-0.2, 0) is 9.59 Å². The van der Waals surface area contributed by atoms with Crippen LogP contribution in [0.5, 0.6) is 0 Å². The Bertz CT molecular complexity index is 1310. The van der Waals surface area contributed by atoms with E-state index in [1.54, 1.807) is 36.4 Å². The Labute approximate surface area is 196 Å². The van der Waals surface area contributed by atoms with E-state index in [4.69, 9.17) is 11.6 Å². The van der Waals surface area contributed by atoms with Gasteiger partial charge < -0.3 is 10.6 Å². The molecule has 0 aliphatic carbocycles. The van der Waals surface area contributed by atoms with Gasteiger partial charge in [0.1, 0.15) is 10.7 Å². The lowest BCUT2D eigenvalue weighted by molar-refractivity contribution is -0.120. The number of rotatable bonds is 5. The van der Waals surface area contributed by atoms with Gasteiger partial charge in [-0.1, -0.05) is 35.9 Å². The summed E-state index contributed by atoms with van der Waals surface area (Å²) < 4.78 is 0. The molecule has 0 saturated carbocycles. The van der Waals surface area contributed by atoms with Gasteiger partial charge in [-0.25, -0.2) is 4.90 Å². The molecule has 6 nitrogen and oxygen atoms in total. The first kappa shape index (κ1) is 22.3. The zero-order chi connectivity index (χ0) is 23.7. The number of benzene rings is 3. The number of nitrogens with zero attached hydrogens (tertiary/aromatic N) is 1. The number of aryl methyl sites for hydroxylation is 3. The number of imide groups is 1. The molecule has 0 fully saturated rings. The first-order valence-corrected chi connectivity index (χ1v) is 10.7. The summed E-state index contributed by atoms with van der Waals surface area (Å²) >= 11 is 6.25. The largest absolute Gasteiger partial charge is 0.350 e. The Morgan fingerprint density at radius 1 is 0.788 bits per heavy atom. The first-order chi connectivity index (χ1) is 15.7. The van der Waals surface area contributed by atoms with Crippen LogP contribution in [-0.4, -0.2) is 17.7 Å². The van der Waals surface area contributed by atoms with E-state index in [-0.39, 0.29) is 16.6 Å². The minimum atomic E-state index is -0.595. The van der Waals surface area contributed by atoms with Crippen LogP contribution in [0.1, 0.15) is 27.0 Å². The van der Waals surface area contributed by atoms with Gasteiger partial charge in [0.05, 0.1) is 5.69 Å². The van der Waals surface area contributed by atoms with Crippen LogP contribution in [0.4, 0.5) is 17.1 Å². The summed E-state index contributed by atoms with van der Waals surface area (Å²) in [6, 6.07) is 19.6. The molecule has 0 spiro atoms. The Morgan fingerprint density at radius 3 is 2.15 bits per heavy atom. The van der Waals surface area contributed by atoms with E-state index in [0.717, 1.165) is 21.6 Å². The highest BCUT2D eigenvalue weighted by Crippen LogP contribution is 2.31. The van der Waals surface area contributed by atoms with Gasteiger partial charge in [-0.15, -0.1) is 0 Å². The van der Waals surface area contributed by atoms with Gasteiger partial charge in [-0.3, -0.25) is 14.4 Å². The summed E-state index contributed by atoms with van der Waals surface area (Å²) in [6.45, 7) is 5.73. The van der Waals surface area contributed by atoms with Crippen LogP contribution in [0, 0.1) is 20.8 Å². The highest BCUT2D eigenvalue weighted by Gasteiger charge is 2.39. The molecule has 7 heteroatoms. The van der Waals surface area contributed by atoms with Gasteiger partial charge in [0, 0.05) is 16.9 Å². The fraction of sp³-hybridized carbons (Fsp3) is 0.115. The number of nitrogens with one attached hydrogen (secondary N) is 2. The van der Waals surface area contributed by atoms with Crippen LogP contribution in [0.2, 0.25) is 0 Å². The molecule has 0 unspecified atom stereocenters. The molecule has 3 amide bonds. The minimum Gasteiger partial charge on any atom is -0.350 e. The third-order valence-corrected chi connectivity index (χ3v) is 5.51. The third kappa shape index (κ3) is 4.66. The lowest BCUT2D eigenvalue weighted by Crippen LogP contribution is -2.32. The molecular formula is C26H22ClN3O3. The van der Waals surface area contributed by atoms with Gasteiger partial charge in [0.25, 0.3) is 17.7 Å². The van der Waals surface area contributed by atoms with E-state index in [2.05, 4.69) is 10.6 Å². The minimum absolute atomic E-state index is 0.0305. The number of anilines is 3. The summed E-state index contributed by atoms with van der Waals surface area (Å²) in [7, 11) is 0. The maximum atomic E-state index is 13.1. The van der Waals surface area contributed by atoms with Gasteiger partial charge >= 0.3 is 0 Å². The summed E-state index contributed by atoms with van der Waals surface area (Å²) in [4.78, 5) is 39.6. The molecule has 2 N–H and O–H groups in total. The van der Waals surface area contributed by atoms with E-state index in [1.165, 1.54) is 0 Å². The molecule has 33 heavy (non-hydrogen) atoms. The van der Waals surface area contributed by atoms with Crippen LogP contribution < -0.4 is 15.5 Å². The molecule has 3 aromatic carbocycles. The molecule has 0 bridgehead atoms. The van der Waals surface area contributed by atoms with Crippen molar-refractivity contribution in [1.29, 1.82) is 0 Å². The quantitative estimate of drug-likeness (QED) is 0.507. The topological polar surface area (TPSA) is 78.5 Å². The molecule has 0 atom stereocenters. The second-order valence-corrected chi connectivity index (χ2v) is 8.39. The highest BCUT2D eigenvalue weighted by molar-refractivity contribution is 6.53. The van der Waals surface area contributed by atoms with Crippen molar-refractivity contribution in [2.75, 3.05) is 15.5 Å². The van der Waals surface area contributed by atoms with Gasteiger partial charge in [-0.05, 0) is 79.9 Å². The summed E-state index contributed by atoms with van der Waals surface area (Å²) in [5.74, 6) is -1.44. The number of carbonyl (C=O) groups is 3. The van der Waals surface area contributed by atoms with Gasteiger partial charge in [-0.2, -0.15) is 0 Å². The van der Waals surface area contributed by atoms with Crippen LogP contribution in [0.25, 0.3) is 0 Å². The average Bonchev–Trinajstić information content (AvgIpc) is 2.96. The number of hydrogen-bond donors (Lipinski definition) is 2. The molecular weight excluding hydrogens is 438 g/mol. The standard InChI is InChI=1S/C26H22ClN3O3/c1-15-6-4-8-19(11-15)29-24(31)18-7-5-9-20(14-18)28-23-22(27)25(32)30(26(23)33)21-12-16(2)10-17(3)13-21/h4-14,28H,1-3H3,(H,29,31). The highest BCUT2D eigenvalue weighted by atomic mass is 35.5. The van der Waals surface area contributed by atoms with Crippen LogP contribution >= 0.6 is 11.6 Å². The smallest absolute Gasteiger partial charge is 0.283 e. The number of amides is 3. The predicted molar refractivity (Wildman–Crippen MR) is 130 cm³/mol. The van der Waals surface area contributed by atoms with Crippen molar-refractivity contribution in [2.45, 2.75) is 20.8 Å². The average molecular weight is 460 g/mol. The van der Waals surface area contributed by atoms with Crippen LogP contribution in [0.3, 0.4) is 0 Å². The van der Waals surface area contributed by atoms with Crippen molar-refractivity contribution < 1.29 is 14.4 Å². The van der Waals surface area contributed by atoms with Gasteiger partial charge in [0.15, 0.2) is 0 Å². The zero-order valence-corrected chi connectivity index (χ0v) is 19.2. The van der Waals surface area contributed by atoms with Crippen molar-refractivity contribution in [1.82, 2.24) is 0 Å². The summed E-state index contributed by atoms with van der Waals surface area (Å²) in [5, 5.41) is 5.57. The molecule has 0 aromatic heterocycles. The van der Waals surface area contributed by atoms with Gasteiger partial charge in [0.2, 0.25) is 0 Å². The Morgan fingerprint density at radius 2 is 1.45 bits per heavy atom. The third-order valence-electron chi connectivity index (χ3n) is 5.16. The maximum Gasteiger partial charge on any atom is 0.283 e. The van der Waals surface area contributed by atoms with Crippen molar-refractivity contribution in [3.63, 3.8) is 0 Å². The molecule has 4 rings (SSSR count). The van der Waals surface area contributed by atoms with Crippen molar-refractivity contribution >= 4 is 46.4 Å². The first-order valence-electron chi connectivity index (χ1n) is 10.3. The van der Waals surface area contributed by atoms with Crippen molar-refractivity contribution in [3.8, 4) is 0 Å². The number of carbonyl (C=O) groups excluding carboxylic acids is 3. The van der Waals surface area contributed by atoms with E-state index >= 15 is 0 Å². The molecule has 166 valence electrons. The number of hydrogen-bond acceptors (Lipinski definition) is 4. The zero-order valence-electron chi connectivity index (χ0n) is 18.4. The predicted octanol–water partition coefficient (Wildman–Crippen LogP) is 5.30. The molecule has 1 aliphatic heterocycles. The molecule has 0 radical (unpaired) electrons. The molecule has 1 heterocycles. The number of halogens is 1. The van der Waals surface area contributed by atoms with Crippen molar-refractivity contribution in [3.05, 3.63) is 99.7 Å². The molecule has 1 aliphatic rings. The second-order valence-electron chi connectivity index (χ2n) is 8.01. The van der Waals surface area contributed by atoms with Crippen LogP contribution in [0.15, 0.2) is 77.5 Å². The van der Waals surface area contributed by atoms with E-state index in [1.807, 2.05) is 51.1 Å². The monoisotopic (exact) mass is 459 g/mol. The molecule has 0 saturated heterocycles. The Balaban J connectivity index is 1.56. The van der Waals surface area contributed by atoms with E-state index in [0.29, 0.717) is 22.6 Å². The fourth-order valence-electron chi connectivity index (χ4n) is 3.73. The fourth-order valence-corrected chi connectivity index (χ4v) is 3.95. The Hall–Kier alpha value is -3.90. The van der Waals surface area contributed by atoms with Crippen molar-refractivity contribution in [2.24, 2.45) is 0 Å². The maximum absolute atomic E-state index is 13.1. The lowest BCUT2D eigenvalue weighted by atomic mass is 10.1. The molecule has 3 aromatic rings. The second kappa shape index (κ2) is 8.92. The summed E-state index contributed by atoms with van der Waals surface area (Å²) in [5.41, 5.74) is 4.85. The summed E-state index contributed by atoms with van der Waals surface area (Å²) in [6.07, 6.45) is 0. The lowest BCUT2D eigenvalue weighted by Gasteiger charge is -2.16. The SMILES string of the molecule is Cc1cccc(NC(=O)c2cccc(NC3=C(Cl)C(=O)N(c4cc(C)cc(C)c4)C3=O)c2)c1. The van der Waals surface area contributed by atoms with E-state index < -0.39 is 11.8 Å². The van der Waals surface area contributed by atoms with E-state index in [9.17, 15) is 14.4 Å². The normalized spacial score (nSPS) is 13.5.